The monoisotopic (exact) mass is 495 g/mol. The number of carbonyl (C=O) groups excluding carboxylic acids is 2. The predicted octanol–water partition coefficient (Wildman–Crippen LogP) is 3.59. The molecule has 1 saturated heterocycles. The number of sulfone groups is 1. The molecule has 1 fully saturated rings. The molecule has 0 spiro atoms. The van der Waals surface area contributed by atoms with Gasteiger partial charge in [0.2, 0.25) is 5.91 Å². The molecule has 1 aromatic carbocycles. The van der Waals surface area contributed by atoms with Crippen molar-refractivity contribution in [2.45, 2.75) is 38.1 Å². The van der Waals surface area contributed by atoms with Crippen molar-refractivity contribution < 1.29 is 18.0 Å². The minimum Gasteiger partial charge on any atom is -0.322 e. The Balaban J connectivity index is 1.50. The molecule has 1 aromatic heterocycles. The molecule has 10 heteroatoms. The maximum atomic E-state index is 13.2. The van der Waals surface area contributed by atoms with Crippen molar-refractivity contribution in [2.75, 3.05) is 35.7 Å². The number of benzene rings is 1. The number of likely N-dealkylation sites (N-methyl/N-ethyl adjacent to an activating group) is 1. The zero-order chi connectivity index (χ0) is 22.9. The van der Waals surface area contributed by atoms with E-state index in [1.807, 2.05) is 0 Å². The minimum atomic E-state index is -3.02. The van der Waals surface area contributed by atoms with E-state index in [0.29, 0.717) is 27.7 Å². The van der Waals surface area contributed by atoms with Crippen LogP contribution in [0.1, 0.15) is 40.1 Å². The van der Waals surface area contributed by atoms with Crippen molar-refractivity contribution in [3.05, 3.63) is 45.3 Å². The lowest BCUT2D eigenvalue weighted by Gasteiger charge is -2.22. The van der Waals surface area contributed by atoms with Crippen molar-refractivity contribution in [2.24, 2.45) is 0 Å². The van der Waals surface area contributed by atoms with Gasteiger partial charge in [-0.25, -0.2) is 8.42 Å². The summed E-state index contributed by atoms with van der Waals surface area (Å²) in [6.45, 7) is 0.0704. The summed E-state index contributed by atoms with van der Waals surface area (Å²) in [6, 6.07) is 6.74. The Bertz CT molecular complexity index is 1130. The lowest BCUT2D eigenvalue weighted by molar-refractivity contribution is -0.117. The summed E-state index contributed by atoms with van der Waals surface area (Å²) in [5, 5.41) is 6.98. The summed E-state index contributed by atoms with van der Waals surface area (Å²) in [7, 11) is -1.26. The van der Waals surface area contributed by atoms with Crippen LogP contribution in [0.15, 0.2) is 24.3 Å². The number of nitrogens with zero attached hydrogens (tertiary/aromatic N) is 1. The first kappa shape index (κ1) is 23.2. The van der Waals surface area contributed by atoms with E-state index in [4.69, 9.17) is 11.6 Å². The molecule has 7 nitrogen and oxygen atoms in total. The van der Waals surface area contributed by atoms with Gasteiger partial charge in [-0.3, -0.25) is 14.5 Å². The summed E-state index contributed by atoms with van der Waals surface area (Å²) in [5.41, 5.74) is 2.17. The number of rotatable bonds is 6. The first-order chi connectivity index (χ1) is 15.2. The van der Waals surface area contributed by atoms with Gasteiger partial charge in [-0.05, 0) is 69.0 Å². The normalized spacial score (nSPS) is 19.5. The van der Waals surface area contributed by atoms with E-state index >= 15 is 0 Å². The molecule has 1 atom stereocenters. The van der Waals surface area contributed by atoms with Crippen molar-refractivity contribution >= 4 is 55.3 Å². The zero-order valence-corrected chi connectivity index (χ0v) is 20.2. The Morgan fingerprint density at radius 1 is 1.16 bits per heavy atom. The molecular formula is C22H26ClN3O4S2. The molecule has 0 unspecified atom stereocenters. The first-order valence-electron chi connectivity index (χ1n) is 10.6. The van der Waals surface area contributed by atoms with Crippen molar-refractivity contribution in [3.63, 3.8) is 0 Å². The fraction of sp³-hybridized carbons (Fsp3) is 0.455. The third-order valence-corrected chi connectivity index (χ3v) is 9.19. The number of thiophene rings is 1. The summed E-state index contributed by atoms with van der Waals surface area (Å²) in [5.74, 6) is -0.261. The number of nitrogens with one attached hydrogen (secondary N) is 2. The quantitative estimate of drug-likeness (QED) is 0.638. The van der Waals surface area contributed by atoms with Crippen molar-refractivity contribution in [1.29, 1.82) is 0 Å². The molecule has 32 heavy (non-hydrogen) atoms. The third kappa shape index (κ3) is 5.33. The molecule has 2 N–H and O–H groups in total. The van der Waals surface area contributed by atoms with Crippen molar-refractivity contribution in [1.82, 2.24) is 4.90 Å². The number of amides is 2. The lowest BCUT2D eigenvalue weighted by Crippen LogP contribution is -2.38. The standard InChI is InChI=1S/C22H26ClN3O4S2/c1-26(16-10-11-32(29,30)13-16)12-19(27)25-22-20(17-4-2-3-5-18(17)31-22)21(28)24-15-8-6-14(23)7-9-15/h6-9,16H,2-5,10-13H2,1H3,(H,24,28)(H,25,27)/t16-/m0/s1. The van der Waals surface area contributed by atoms with Crippen LogP contribution in [-0.2, 0) is 27.5 Å². The number of hydrogen-bond acceptors (Lipinski definition) is 6. The molecule has 4 rings (SSSR count). The average Bonchev–Trinajstić information content (AvgIpc) is 3.28. The van der Waals surface area contributed by atoms with Crippen LogP contribution in [0, 0.1) is 0 Å². The number of fused-ring (bicyclic) bond motifs is 1. The van der Waals surface area contributed by atoms with E-state index < -0.39 is 9.84 Å². The van der Waals surface area contributed by atoms with Crippen LogP contribution >= 0.6 is 22.9 Å². The maximum absolute atomic E-state index is 13.2. The van der Waals surface area contributed by atoms with Crippen LogP contribution in [0.2, 0.25) is 5.02 Å². The Hall–Kier alpha value is -1.94. The summed E-state index contributed by atoms with van der Waals surface area (Å²) >= 11 is 7.40. The van der Waals surface area contributed by atoms with E-state index in [1.54, 1.807) is 36.2 Å². The van der Waals surface area contributed by atoms with Gasteiger partial charge in [-0.15, -0.1) is 11.3 Å². The van der Waals surface area contributed by atoms with E-state index in [0.717, 1.165) is 36.1 Å². The van der Waals surface area contributed by atoms with Gasteiger partial charge in [-0.1, -0.05) is 11.6 Å². The number of aryl methyl sites for hydroxylation is 1. The highest BCUT2D eigenvalue weighted by molar-refractivity contribution is 7.91. The van der Waals surface area contributed by atoms with E-state index in [-0.39, 0.29) is 35.9 Å². The topological polar surface area (TPSA) is 95.6 Å². The molecule has 0 bridgehead atoms. The van der Waals surface area contributed by atoms with Crippen LogP contribution in [-0.4, -0.2) is 56.3 Å². The van der Waals surface area contributed by atoms with Gasteiger partial charge in [-0.2, -0.15) is 0 Å². The highest BCUT2D eigenvalue weighted by Gasteiger charge is 2.32. The molecule has 2 amide bonds. The first-order valence-corrected chi connectivity index (χ1v) is 13.7. The summed E-state index contributed by atoms with van der Waals surface area (Å²) < 4.78 is 23.5. The molecule has 2 aliphatic rings. The second-order valence-electron chi connectivity index (χ2n) is 8.40. The Morgan fingerprint density at radius 2 is 1.88 bits per heavy atom. The van der Waals surface area contributed by atoms with Crippen LogP contribution in [0.5, 0.6) is 0 Å². The molecule has 1 aliphatic carbocycles. The summed E-state index contributed by atoms with van der Waals surface area (Å²) in [4.78, 5) is 28.9. The molecule has 0 saturated carbocycles. The smallest absolute Gasteiger partial charge is 0.258 e. The fourth-order valence-corrected chi connectivity index (χ4v) is 7.50. The van der Waals surface area contributed by atoms with Gasteiger partial charge < -0.3 is 10.6 Å². The molecule has 172 valence electrons. The van der Waals surface area contributed by atoms with Gasteiger partial charge in [0, 0.05) is 21.6 Å². The molecule has 1 aliphatic heterocycles. The Labute approximate surface area is 197 Å². The largest absolute Gasteiger partial charge is 0.322 e. The van der Waals surface area contributed by atoms with E-state index in [1.165, 1.54) is 11.3 Å². The van der Waals surface area contributed by atoms with Crippen LogP contribution in [0.3, 0.4) is 0 Å². The molecule has 2 heterocycles. The third-order valence-electron chi connectivity index (χ3n) is 5.98. The average molecular weight is 496 g/mol. The highest BCUT2D eigenvalue weighted by atomic mass is 35.5. The number of halogens is 1. The van der Waals surface area contributed by atoms with Crippen LogP contribution < -0.4 is 10.6 Å². The summed E-state index contributed by atoms with van der Waals surface area (Å²) in [6.07, 6.45) is 4.32. The zero-order valence-electron chi connectivity index (χ0n) is 17.8. The second-order valence-corrected chi connectivity index (χ2v) is 12.2. The predicted molar refractivity (Wildman–Crippen MR) is 129 cm³/mol. The molecular weight excluding hydrogens is 470 g/mol. The fourth-order valence-electron chi connectivity index (χ4n) is 4.27. The highest BCUT2D eigenvalue weighted by Crippen LogP contribution is 2.38. The SMILES string of the molecule is CN(CC(=O)Nc1sc2c(c1C(=O)Nc1ccc(Cl)cc1)CCCC2)[C@H]1CCS(=O)(=O)C1. The van der Waals surface area contributed by atoms with Gasteiger partial charge in [0.1, 0.15) is 5.00 Å². The Kier molecular flexibility index (Phi) is 6.90. The van der Waals surface area contributed by atoms with Crippen molar-refractivity contribution in [3.8, 4) is 0 Å². The van der Waals surface area contributed by atoms with E-state index in [2.05, 4.69) is 10.6 Å². The molecule has 0 radical (unpaired) electrons. The van der Waals surface area contributed by atoms with Gasteiger partial charge in [0.15, 0.2) is 9.84 Å². The van der Waals surface area contributed by atoms with Gasteiger partial charge in [0.05, 0.1) is 23.6 Å². The molecule has 2 aromatic rings. The van der Waals surface area contributed by atoms with Crippen LogP contribution in [0.25, 0.3) is 0 Å². The maximum Gasteiger partial charge on any atom is 0.258 e. The van der Waals surface area contributed by atoms with Gasteiger partial charge >= 0.3 is 0 Å². The number of hydrogen-bond donors (Lipinski definition) is 2. The van der Waals surface area contributed by atoms with E-state index in [9.17, 15) is 18.0 Å². The van der Waals surface area contributed by atoms with Gasteiger partial charge in [0.25, 0.3) is 5.91 Å². The number of carbonyl (C=O) groups is 2. The number of anilines is 2. The van der Waals surface area contributed by atoms with Crippen LogP contribution in [0.4, 0.5) is 10.7 Å². The Morgan fingerprint density at radius 3 is 2.56 bits per heavy atom. The lowest BCUT2D eigenvalue weighted by atomic mass is 9.95. The second kappa shape index (κ2) is 9.51. The minimum absolute atomic E-state index is 0.0704.